The van der Waals surface area contributed by atoms with Crippen LogP contribution in [0.3, 0.4) is 0 Å². The molecule has 82 valence electrons. The highest BCUT2D eigenvalue weighted by Gasteiger charge is 2.14. The van der Waals surface area contributed by atoms with Gasteiger partial charge in [-0.1, -0.05) is 30.7 Å². The molecule has 0 aliphatic heterocycles. The van der Waals surface area contributed by atoms with Gasteiger partial charge in [0.05, 0.1) is 6.61 Å². The number of hydrogen-bond donors (Lipinski definition) is 1. The zero-order chi connectivity index (χ0) is 11.3. The second-order valence-electron chi connectivity index (χ2n) is 3.17. The van der Waals surface area contributed by atoms with Crippen molar-refractivity contribution in [2.45, 2.75) is 26.1 Å². The predicted molar refractivity (Wildman–Crippen MR) is 58.0 cm³/mol. The first-order valence-corrected chi connectivity index (χ1v) is 5.10. The summed E-state index contributed by atoms with van der Waals surface area (Å²) in [6.07, 6.45) is -0.274. The Morgan fingerprint density at radius 1 is 1.47 bits per heavy atom. The summed E-state index contributed by atoms with van der Waals surface area (Å²) in [6, 6.07) is 7.14. The van der Waals surface area contributed by atoms with Gasteiger partial charge in [-0.05, 0) is 24.1 Å². The fraction of sp³-hybridized carbons (Fsp3) is 0.364. The van der Waals surface area contributed by atoms with Gasteiger partial charge in [0, 0.05) is 5.02 Å². The van der Waals surface area contributed by atoms with Crippen molar-refractivity contribution in [1.82, 2.24) is 0 Å². The Hall–Kier alpha value is -1.06. The molecule has 0 radical (unpaired) electrons. The van der Waals surface area contributed by atoms with Gasteiger partial charge < -0.3 is 9.84 Å². The second kappa shape index (κ2) is 5.73. The molecule has 4 heteroatoms. The maximum Gasteiger partial charge on any atom is 0.332 e. The van der Waals surface area contributed by atoms with Gasteiger partial charge in [-0.2, -0.15) is 0 Å². The van der Waals surface area contributed by atoms with Gasteiger partial charge in [-0.25, -0.2) is 4.79 Å². The molecule has 0 saturated heterocycles. The zero-order valence-electron chi connectivity index (χ0n) is 8.44. The molecule has 1 aromatic rings. The predicted octanol–water partition coefficient (Wildman–Crippen LogP) is 2.72. The Bertz CT molecular complexity index is 321. The minimum absolute atomic E-state index is 0.294. The Morgan fingerprint density at radius 2 is 2.07 bits per heavy atom. The largest absolute Gasteiger partial charge is 0.479 e. The summed E-state index contributed by atoms with van der Waals surface area (Å²) in [4.78, 5) is 10.7. The highest BCUT2D eigenvalue weighted by atomic mass is 35.5. The van der Waals surface area contributed by atoms with Crippen LogP contribution < -0.4 is 0 Å². The summed E-state index contributed by atoms with van der Waals surface area (Å²) in [6.45, 7) is 2.07. The molecule has 1 rings (SSSR count). The van der Waals surface area contributed by atoms with E-state index in [-0.39, 0.29) is 0 Å². The molecular formula is C11H13ClO3. The SMILES string of the molecule is CCC(OCc1ccc(Cl)cc1)C(=O)O. The van der Waals surface area contributed by atoms with Gasteiger partial charge in [0.2, 0.25) is 0 Å². The van der Waals surface area contributed by atoms with Crippen molar-refractivity contribution >= 4 is 17.6 Å². The quantitative estimate of drug-likeness (QED) is 0.843. The molecule has 0 fully saturated rings. The van der Waals surface area contributed by atoms with Crippen LogP contribution in [0.15, 0.2) is 24.3 Å². The Morgan fingerprint density at radius 3 is 2.53 bits per heavy atom. The number of aliphatic carboxylic acids is 1. The lowest BCUT2D eigenvalue weighted by Crippen LogP contribution is -2.22. The van der Waals surface area contributed by atoms with Crippen LogP contribution in [0.4, 0.5) is 0 Å². The van der Waals surface area contributed by atoms with Gasteiger partial charge >= 0.3 is 5.97 Å². The monoisotopic (exact) mass is 228 g/mol. The van der Waals surface area contributed by atoms with Crippen molar-refractivity contribution in [3.8, 4) is 0 Å². The van der Waals surface area contributed by atoms with E-state index in [4.69, 9.17) is 21.4 Å². The number of benzene rings is 1. The van der Waals surface area contributed by atoms with Gasteiger partial charge in [0.1, 0.15) is 0 Å². The van der Waals surface area contributed by atoms with Gasteiger partial charge in [0.15, 0.2) is 6.10 Å². The van der Waals surface area contributed by atoms with E-state index in [0.717, 1.165) is 5.56 Å². The summed E-state index contributed by atoms with van der Waals surface area (Å²) in [7, 11) is 0. The summed E-state index contributed by atoms with van der Waals surface area (Å²) in [5.74, 6) is -0.925. The van der Waals surface area contributed by atoms with Crippen LogP contribution >= 0.6 is 11.6 Å². The number of hydrogen-bond acceptors (Lipinski definition) is 2. The lowest BCUT2D eigenvalue weighted by molar-refractivity contribution is -0.151. The fourth-order valence-corrected chi connectivity index (χ4v) is 1.27. The third-order valence-corrected chi connectivity index (χ3v) is 2.26. The summed E-state index contributed by atoms with van der Waals surface area (Å²) >= 11 is 5.72. The van der Waals surface area contributed by atoms with Crippen molar-refractivity contribution in [2.24, 2.45) is 0 Å². The smallest absolute Gasteiger partial charge is 0.332 e. The second-order valence-corrected chi connectivity index (χ2v) is 3.61. The molecule has 15 heavy (non-hydrogen) atoms. The first-order valence-electron chi connectivity index (χ1n) is 4.72. The maximum absolute atomic E-state index is 10.7. The van der Waals surface area contributed by atoms with Crippen LogP contribution in [0.25, 0.3) is 0 Å². The number of ether oxygens (including phenoxy) is 1. The highest BCUT2D eigenvalue weighted by Crippen LogP contribution is 2.11. The van der Waals surface area contributed by atoms with Crippen LogP contribution in [0.1, 0.15) is 18.9 Å². The van der Waals surface area contributed by atoms with E-state index >= 15 is 0 Å². The minimum Gasteiger partial charge on any atom is -0.479 e. The number of rotatable bonds is 5. The van der Waals surface area contributed by atoms with Crippen LogP contribution in [0.2, 0.25) is 5.02 Å². The third kappa shape index (κ3) is 3.90. The average Bonchev–Trinajstić information content (AvgIpc) is 2.21. The third-order valence-electron chi connectivity index (χ3n) is 2.01. The van der Waals surface area contributed by atoms with E-state index in [1.807, 2.05) is 12.1 Å². The van der Waals surface area contributed by atoms with Crippen molar-refractivity contribution in [2.75, 3.05) is 0 Å². The Balaban J connectivity index is 2.49. The minimum atomic E-state index is -0.925. The molecule has 0 aromatic heterocycles. The van der Waals surface area contributed by atoms with E-state index in [1.54, 1.807) is 19.1 Å². The molecule has 0 spiro atoms. The molecule has 0 aliphatic carbocycles. The number of carbonyl (C=O) groups is 1. The van der Waals surface area contributed by atoms with Crippen LogP contribution in [-0.2, 0) is 16.1 Å². The van der Waals surface area contributed by atoms with Crippen molar-refractivity contribution < 1.29 is 14.6 Å². The molecule has 0 aliphatic rings. The summed E-state index contributed by atoms with van der Waals surface area (Å²) in [5.41, 5.74) is 0.916. The first kappa shape index (κ1) is 12.0. The van der Waals surface area contributed by atoms with Gasteiger partial charge in [0.25, 0.3) is 0 Å². The van der Waals surface area contributed by atoms with Crippen LogP contribution in [0, 0.1) is 0 Å². The molecule has 1 unspecified atom stereocenters. The van der Waals surface area contributed by atoms with E-state index in [1.165, 1.54) is 0 Å². The molecule has 3 nitrogen and oxygen atoms in total. The average molecular weight is 229 g/mol. The number of carboxylic acid groups (broad SMARTS) is 1. The molecule has 1 atom stereocenters. The van der Waals surface area contributed by atoms with E-state index in [2.05, 4.69) is 0 Å². The zero-order valence-corrected chi connectivity index (χ0v) is 9.20. The molecule has 0 saturated carbocycles. The first-order chi connectivity index (χ1) is 7.13. The van der Waals surface area contributed by atoms with Crippen molar-refractivity contribution in [1.29, 1.82) is 0 Å². The van der Waals surface area contributed by atoms with Crippen LogP contribution in [0.5, 0.6) is 0 Å². The Kier molecular flexibility index (Phi) is 4.59. The lowest BCUT2D eigenvalue weighted by Gasteiger charge is -2.11. The van der Waals surface area contributed by atoms with Crippen molar-refractivity contribution in [3.05, 3.63) is 34.9 Å². The number of carboxylic acids is 1. The normalized spacial score (nSPS) is 12.4. The molecule has 1 aromatic carbocycles. The highest BCUT2D eigenvalue weighted by molar-refractivity contribution is 6.30. The maximum atomic E-state index is 10.7. The molecule has 0 amide bonds. The molecular weight excluding hydrogens is 216 g/mol. The van der Waals surface area contributed by atoms with Crippen molar-refractivity contribution in [3.63, 3.8) is 0 Å². The van der Waals surface area contributed by atoms with Gasteiger partial charge in [-0.3, -0.25) is 0 Å². The van der Waals surface area contributed by atoms with E-state index < -0.39 is 12.1 Å². The summed E-state index contributed by atoms with van der Waals surface area (Å²) in [5, 5.41) is 9.41. The molecule has 1 N–H and O–H groups in total. The van der Waals surface area contributed by atoms with E-state index in [9.17, 15) is 4.79 Å². The molecule has 0 bridgehead atoms. The lowest BCUT2D eigenvalue weighted by atomic mass is 10.2. The van der Waals surface area contributed by atoms with E-state index in [0.29, 0.717) is 18.1 Å². The van der Waals surface area contributed by atoms with Crippen LogP contribution in [-0.4, -0.2) is 17.2 Å². The van der Waals surface area contributed by atoms with Gasteiger partial charge in [-0.15, -0.1) is 0 Å². The fourth-order valence-electron chi connectivity index (χ4n) is 1.14. The molecule has 0 heterocycles. The standard InChI is InChI=1S/C11H13ClO3/c1-2-10(11(13)14)15-7-8-3-5-9(12)6-4-8/h3-6,10H,2,7H2,1H3,(H,13,14). The number of halogens is 1. The topological polar surface area (TPSA) is 46.5 Å². The Labute approximate surface area is 93.6 Å². The summed E-state index contributed by atoms with van der Waals surface area (Å²) < 4.78 is 5.24.